The van der Waals surface area contributed by atoms with E-state index in [1.807, 2.05) is 0 Å². The lowest BCUT2D eigenvalue weighted by Gasteiger charge is -2.26. The fourth-order valence-corrected chi connectivity index (χ4v) is 2.61. The molecule has 1 atom stereocenters. The van der Waals surface area contributed by atoms with Crippen molar-refractivity contribution in [3.05, 3.63) is 34.9 Å². The van der Waals surface area contributed by atoms with Gasteiger partial charge in [-0.15, -0.1) is 0 Å². The molecule has 1 N–H and O–H groups in total. The number of hydrogen-bond acceptors (Lipinski definition) is 2. The van der Waals surface area contributed by atoms with Crippen molar-refractivity contribution in [2.24, 2.45) is 0 Å². The van der Waals surface area contributed by atoms with Gasteiger partial charge in [-0.25, -0.2) is 0 Å². The molecule has 2 heteroatoms. The van der Waals surface area contributed by atoms with Crippen molar-refractivity contribution in [1.82, 2.24) is 10.2 Å². The van der Waals surface area contributed by atoms with Crippen LogP contribution in [0, 0.1) is 13.8 Å². The Balaban J connectivity index is 2.14. The van der Waals surface area contributed by atoms with E-state index >= 15 is 0 Å². The lowest BCUT2D eigenvalue weighted by atomic mass is 9.98. The zero-order valence-electron chi connectivity index (χ0n) is 12.2. The van der Waals surface area contributed by atoms with Gasteiger partial charge in [0, 0.05) is 18.6 Å². The Bertz CT molecular complexity index is 396. The summed E-state index contributed by atoms with van der Waals surface area (Å²) in [6, 6.07) is 8.07. The summed E-state index contributed by atoms with van der Waals surface area (Å²) in [5.41, 5.74) is 4.22. The van der Waals surface area contributed by atoms with Gasteiger partial charge in [-0.3, -0.25) is 0 Å². The molecule has 1 unspecified atom stereocenters. The van der Waals surface area contributed by atoms with Crippen LogP contribution in [0.4, 0.5) is 0 Å². The molecular formula is C16H26N2. The van der Waals surface area contributed by atoms with Crippen molar-refractivity contribution in [2.45, 2.75) is 45.7 Å². The van der Waals surface area contributed by atoms with Crippen molar-refractivity contribution in [1.29, 1.82) is 0 Å². The number of likely N-dealkylation sites (N-methyl/N-ethyl adjacent to an activating group) is 2. The average Bonchev–Trinajstić information content (AvgIpc) is 3.15. The molecule has 0 aromatic heterocycles. The molecule has 0 spiro atoms. The number of hydrogen-bond donors (Lipinski definition) is 1. The molecule has 0 aliphatic heterocycles. The summed E-state index contributed by atoms with van der Waals surface area (Å²) in [5, 5.41) is 3.64. The second kappa shape index (κ2) is 5.85. The first-order valence-corrected chi connectivity index (χ1v) is 7.12. The monoisotopic (exact) mass is 246 g/mol. The Morgan fingerprint density at radius 2 is 2.06 bits per heavy atom. The Labute approximate surface area is 111 Å². The third-order valence-corrected chi connectivity index (χ3v) is 3.90. The molecule has 0 heterocycles. The van der Waals surface area contributed by atoms with Gasteiger partial charge >= 0.3 is 0 Å². The standard InChI is InChI=1S/C16H26N2/c1-5-17-16(11-18(4)14-8-9-14)15-10-12(2)6-7-13(15)3/h6-7,10,14,16-17H,5,8-9,11H2,1-4H3. The summed E-state index contributed by atoms with van der Waals surface area (Å²) in [6.07, 6.45) is 2.75. The van der Waals surface area contributed by atoms with Crippen molar-refractivity contribution in [2.75, 3.05) is 20.1 Å². The lowest BCUT2D eigenvalue weighted by Crippen LogP contribution is -2.34. The van der Waals surface area contributed by atoms with Gasteiger partial charge in [0.2, 0.25) is 0 Å². The number of benzene rings is 1. The van der Waals surface area contributed by atoms with E-state index in [4.69, 9.17) is 0 Å². The SMILES string of the molecule is CCNC(CN(C)C1CC1)c1cc(C)ccc1C. The zero-order chi connectivity index (χ0) is 13.1. The predicted molar refractivity (Wildman–Crippen MR) is 78.0 cm³/mol. The fraction of sp³-hybridized carbons (Fsp3) is 0.625. The summed E-state index contributed by atoms with van der Waals surface area (Å²) < 4.78 is 0. The first-order chi connectivity index (χ1) is 8.61. The number of nitrogens with zero attached hydrogens (tertiary/aromatic N) is 1. The molecular weight excluding hydrogens is 220 g/mol. The van der Waals surface area contributed by atoms with Crippen LogP contribution < -0.4 is 5.32 Å². The molecule has 1 aromatic carbocycles. The van der Waals surface area contributed by atoms with Gasteiger partial charge in [0.1, 0.15) is 0 Å². The minimum atomic E-state index is 0.459. The van der Waals surface area contributed by atoms with E-state index < -0.39 is 0 Å². The minimum absolute atomic E-state index is 0.459. The largest absolute Gasteiger partial charge is 0.309 e. The molecule has 1 aliphatic rings. The quantitative estimate of drug-likeness (QED) is 0.830. The third kappa shape index (κ3) is 3.33. The maximum absolute atomic E-state index is 3.64. The first-order valence-electron chi connectivity index (χ1n) is 7.12. The topological polar surface area (TPSA) is 15.3 Å². The molecule has 100 valence electrons. The fourth-order valence-electron chi connectivity index (χ4n) is 2.61. The Morgan fingerprint density at radius 1 is 1.33 bits per heavy atom. The van der Waals surface area contributed by atoms with E-state index in [1.54, 1.807) is 0 Å². The summed E-state index contributed by atoms with van der Waals surface area (Å²) >= 11 is 0. The van der Waals surface area contributed by atoms with Crippen LogP contribution in [0.25, 0.3) is 0 Å². The molecule has 1 fully saturated rings. The van der Waals surface area contributed by atoms with E-state index in [0.717, 1.165) is 19.1 Å². The molecule has 0 amide bonds. The van der Waals surface area contributed by atoms with Gasteiger partial charge < -0.3 is 10.2 Å². The second-order valence-corrected chi connectivity index (χ2v) is 5.64. The highest BCUT2D eigenvalue weighted by atomic mass is 15.2. The molecule has 1 aromatic rings. The van der Waals surface area contributed by atoms with Gasteiger partial charge in [0.15, 0.2) is 0 Å². The molecule has 1 saturated carbocycles. The highest BCUT2D eigenvalue weighted by Gasteiger charge is 2.28. The molecule has 2 rings (SSSR count). The maximum atomic E-state index is 3.64. The van der Waals surface area contributed by atoms with Crippen molar-refractivity contribution in [3.8, 4) is 0 Å². The predicted octanol–water partition coefficient (Wildman–Crippen LogP) is 3.05. The summed E-state index contributed by atoms with van der Waals surface area (Å²) in [4.78, 5) is 2.51. The molecule has 2 nitrogen and oxygen atoms in total. The zero-order valence-corrected chi connectivity index (χ0v) is 12.2. The van der Waals surface area contributed by atoms with Gasteiger partial charge in [0.25, 0.3) is 0 Å². The van der Waals surface area contributed by atoms with Crippen molar-refractivity contribution in [3.63, 3.8) is 0 Å². The van der Waals surface area contributed by atoms with Crippen LogP contribution in [0.5, 0.6) is 0 Å². The van der Waals surface area contributed by atoms with Crippen LogP contribution >= 0.6 is 0 Å². The average molecular weight is 246 g/mol. The molecule has 18 heavy (non-hydrogen) atoms. The van der Waals surface area contributed by atoms with Crippen LogP contribution in [0.3, 0.4) is 0 Å². The summed E-state index contributed by atoms with van der Waals surface area (Å²) in [7, 11) is 2.26. The maximum Gasteiger partial charge on any atom is 0.0451 e. The summed E-state index contributed by atoms with van der Waals surface area (Å²) in [6.45, 7) is 8.72. The van der Waals surface area contributed by atoms with E-state index in [1.165, 1.54) is 29.5 Å². The number of nitrogens with one attached hydrogen (secondary N) is 1. The van der Waals surface area contributed by atoms with E-state index in [-0.39, 0.29) is 0 Å². The van der Waals surface area contributed by atoms with Gasteiger partial charge in [-0.1, -0.05) is 30.7 Å². The molecule has 0 saturated heterocycles. The highest BCUT2D eigenvalue weighted by Crippen LogP contribution is 2.28. The Kier molecular flexibility index (Phi) is 4.41. The molecule has 0 radical (unpaired) electrons. The first kappa shape index (κ1) is 13.6. The van der Waals surface area contributed by atoms with Crippen LogP contribution in [0.1, 0.15) is 42.5 Å². The second-order valence-electron chi connectivity index (χ2n) is 5.64. The summed E-state index contributed by atoms with van der Waals surface area (Å²) in [5.74, 6) is 0. The molecule has 0 bridgehead atoms. The van der Waals surface area contributed by atoms with Gasteiger partial charge in [0.05, 0.1) is 0 Å². The minimum Gasteiger partial charge on any atom is -0.309 e. The van der Waals surface area contributed by atoms with Crippen molar-refractivity contribution < 1.29 is 0 Å². The Morgan fingerprint density at radius 3 is 2.67 bits per heavy atom. The number of rotatable bonds is 6. The Hall–Kier alpha value is -0.860. The molecule has 1 aliphatic carbocycles. The van der Waals surface area contributed by atoms with E-state index in [9.17, 15) is 0 Å². The van der Waals surface area contributed by atoms with Crippen LogP contribution in [-0.4, -0.2) is 31.1 Å². The van der Waals surface area contributed by atoms with E-state index in [0.29, 0.717) is 6.04 Å². The van der Waals surface area contributed by atoms with Gasteiger partial charge in [-0.05, 0) is 51.4 Å². The highest BCUT2D eigenvalue weighted by molar-refractivity contribution is 5.33. The third-order valence-electron chi connectivity index (χ3n) is 3.90. The normalized spacial score (nSPS) is 17.2. The van der Waals surface area contributed by atoms with Crippen LogP contribution in [0.15, 0.2) is 18.2 Å². The lowest BCUT2D eigenvalue weighted by molar-refractivity contribution is 0.283. The van der Waals surface area contributed by atoms with E-state index in [2.05, 4.69) is 56.2 Å². The van der Waals surface area contributed by atoms with Gasteiger partial charge in [-0.2, -0.15) is 0 Å². The van der Waals surface area contributed by atoms with Crippen LogP contribution in [0.2, 0.25) is 0 Å². The smallest absolute Gasteiger partial charge is 0.0451 e. The number of aryl methyl sites for hydroxylation is 2. The van der Waals surface area contributed by atoms with Crippen molar-refractivity contribution >= 4 is 0 Å². The van der Waals surface area contributed by atoms with Crippen LogP contribution in [-0.2, 0) is 0 Å².